The zero-order chi connectivity index (χ0) is 21.6. The quantitative estimate of drug-likeness (QED) is 0.537. The molecule has 2 aromatic rings. The number of non-ortho nitro benzene ring substituents is 1. The van der Waals surface area contributed by atoms with Crippen LogP contribution < -0.4 is 10.1 Å². The highest BCUT2D eigenvalue weighted by molar-refractivity contribution is 5.68. The first-order valence-corrected chi connectivity index (χ1v) is 9.16. The van der Waals surface area contributed by atoms with Crippen molar-refractivity contribution in [3.05, 3.63) is 69.8 Å². The number of nitro groups is 1. The number of nitrogens with zero attached hydrogens (tertiary/aromatic N) is 1. The minimum Gasteiger partial charge on any atom is -0.491 e. The number of nitrogens with one attached hydrogen (secondary N) is 1. The highest BCUT2D eigenvalue weighted by Crippen LogP contribution is 2.22. The van der Waals surface area contributed by atoms with Gasteiger partial charge in [-0.3, -0.25) is 10.1 Å². The van der Waals surface area contributed by atoms with Crippen LogP contribution >= 0.6 is 0 Å². The van der Waals surface area contributed by atoms with E-state index >= 15 is 0 Å². The summed E-state index contributed by atoms with van der Waals surface area (Å²) >= 11 is 0. The van der Waals surface area contributed by atoms with Gasteiger partial charge in [-0.1, -0.05) is 12.1 Å². The number of amides is 1. The first kappa shape index (κ1) is 22.2. The maximum atomic E-state index is 12.2. The summed E-state index contributed by atoms with van der Waals surface area (Å²) in [5, 5.41) is 24.2. The molecule has 0 unspecified atom stereocenters. The molecule has 0 aliphatic heterocycles. The van der Waals surface area contributed by atoms with Crippen molar-refractivity contribution in [2.24, 2.45) is 0 Å². The number of alkyl carbamates (subject to hydrolysis) is 1. The number of hydrogen-bond donors (Lipinski definition) is 2. The van der Waals surface area contributed by atoms with Crippen molar-refractivity contribution >= 4 is 11.8 Å². The van der Waals surface area contributed by atoms with E-state index in [0.717, 1.165) is 5.56 Å². The Kier molecular flexibility index (Phi) is 7.17. The van der Waals surface area contributed by atoms with Crippen molar-refractivity contribution in [3.63, 3.8) is 0 Å². The van der Waals surface area contributed by atoms with E-state index in [1.165, 1.54) is 24.3 Å². The van der Waals surface area contributed by atoms with Crippen LogP contribution in [0, 0.1) is 17.0 Å². The molecule has 0 aliphatic rings. The van der Waals surface area contributed by atoms with Crippen LogP contribution in [0.1, 0.15) is 38.0 Å². The van der Waals surface area contributed by atoms with Gasteiger partial charge in [0.2, 0.25) is 0 Å². The molecule has 0 radical (unpaired) electrons. The van der Waals surface area contributed by atoms with Gasteiger partial charge in [0.15, 0.2) is 0 Å². The number of benzene rings is 2. The van der Waals surface area contributed by atoms with Crippen LogP contribution in [0.25, 0.3) is 0 Å². The number of carbonyl (C=O) groups excluding carboxylic acids is 1. The SMILES string of the molecule is Cc1cccc(OC[C@@H](NC(=O)OC(C)(C)C)[C@H](O)c2ccc([N+](=O)[O-])cc2)c1. The van der Waals surface area contributed by atoms with Crippen LogP contribution in [0.4, 0.5) is 10.5 Å². The van der Waals surface area contributed by atoms with Crippen molar-refractivity contribution in [1.29, 1.82) is 0 Å². The molecule has 0 saturated carbocycles. The second-order valence-corrected chi connectivity index (χ2v) is 7.67. The van der Waals surface area contributed by atoms with Gasteiger partial charge in [-0.2, -0.15) is 0 Å². The molecule has 8 heteroatoms. The molecule has 29 heavy (non-hydrogen) atoms. The number of rotatable bonds is 7. The van der Waals surface area contributed by atoms with Crippen LogP contribution in [0.3, 0.4) is 0 Å². The summed E-state index contributed by atoms with van der Waals surface area (Å²) in [5.74, 6) is 0.594. The van der Waals surface area contributed by atoms with Crippen LogP contribution in [0.15, 0.2) is 48.5 Å². The molecule has 1 amide bonds. The van der Waals surface area contributed by atoms with E-state index in [-0.39, 0.29) is 12.3 Å². The fourth-order valence-electron chi connectivity index (χ4n) is 2.59. The number of ether oxygens (including phenoxy) is 2. The van der Waals surface area contributed by atoms with E-state index < -0.39 is 28.8 Å². The summed E-state index contributed by atoms with van der Waals surface area (Å²) in [7, 11) is 0. The highest BCUT2D eigenvalue weighted by Gasteiger charge is 2.27. The lowest BCUT2D eigenvalue weighted by Crippen LogP contribution is -2.45. The molecule has 0 spiro atoms. The zero-order valence-electron chi connectivity index (χ0n) is 16.9. The Morgan fingerprint density at radius 3 is 2.41 bits per heavy atom. The fraction of sp³-hybridized carbons (Fsp3) is 0.381. The summed E-state index contributed by atoms with van der Waals surface area (Å²) in [4.78, 5) is 22.5. The van der Waals surface area contributed by atoms with E-state index in [1.807, 2.05) is 25.1 Å². The molecular formula is C21H26N2O6. The predicted molar refractivity (Wildman–Crippen MR) is 108 cm³/mol. The predicted octanol–water partition coefficient (Wildman–Crippen LogP) is 3.91. The maximum Gasteiger partial charge on any atom is 0.408 e. The number of aliphatic hydroxyl groups excluding tert-OH is 1. The van der Waals surface area contributed by atoms with Crippen molar-refractivity contribution in [2.75, 3.05) is 6.61 Å². The molecule has 2 aromatic carbocycles. The van der Waals surface area contributed by atoms with E-state index in [4.69, 9.17) is 9.47 Å². The van der Waals surface area contributed by atoms with Crippen LogP contribution in [-0.2, 0) is 4.74 Å². The van der Waals surface area contributed by atoms with Crippen molar-refractivity contribution < 1.29 is 24.3 Å². The van der Waals surface area contributed by atoms with Gasteiger partial charge in [0.1, 0.15) is 24.1 Å². The molecular weight excluding hydrogens is 376 g/mol. The third-order valence-electron chi connectivity index (χ3n) is 3.95. The number of nitro benzene ring substituents is 1. The first-order valence-electron chi connectivity index (χ1n) is 9.16. The lowest BCUT2D eigenvalue weighted by molar-refractivity contribution is -0.384. The monoisotopic (exact) mass is 402 g/mol. The molecule has 2 rings (SSSR count). The Balaban J connectivity index is 2.17. The molecule has 2 N–H and O–H groups in total. The fourth-order valence-corrected chi connectivity index (χ4v) is 2.59. The number of aryl methyl sites for hydroxylation is 1. The van der Waals surface area contributed by atoms with Gasteiger partial charge in [0.25, 0.3) is 5.69 Å². The second-order valence-electron chi connectivity index (χ2n) is 7.67. The molecule has 0 aromatic heterocycles. The molecule has 0 heterocycles. The number of carbonyl (C=O) groups is 1. The molecule has 156 valence electrons. The minimum absolute atomic E-state index is 0.0269. The number of hydrogen-bond acceptors (Lipinski definition) is 6. The summed E-state index contributed by atoms with van der Waals surface area (Å²) in [6.45, 7) is 7.10. The van der Waals surface area contributed by atoms with Gasteiger partial charge in [-0.15, -0.1) is 0 Å². The molecule has 0 fully saturated rings. The molecule has 2 atom stereocenters. The summed E-state index contributed by atoms with van der Waals surface area (Å²) < 4.78 is 11.0. The van der Waals surface area contributed by atoms with Crippen LogP contribution in [0.5, 0.6) is 5.75 Å². The largest absolute Gasteiger partial charge is 0.491 e. The Morgan fingerprint density at radius 2 is 1.86 bits per heavy atom. The average molecular weight is 402 g/mol. The lowest BCUT2D eigenvalue weighted by atomic mass is 10.0. The van der Waals surface area contributed by atoms with Crippen LogP contribution in [0.2, 0.25) is 0 Å². The summed E-state index contributed by atoms with van der Waals surface area (Å²) in [6.07, 6.45) is -1.86. The van der Waals surface area contributed by atoms with Crippen molar-refractivity contribution in [1.82, 2.24) is 5.32 Å². The van der Waals surface area contributed by atoms with Gasteiger partial charge >= 0.3 is 6.09 Å². The second kappa shape index (κ2) is 9.38. The zero-order valence-corrected chi connectivity index (χ0v) is 16.9. The Labute approximate surface area is 169 Å². The van der Waals surface area contributed by atoms with Gasteiger partial charge in [0.05, 0.1) is 11.0 Å². The topological polar surface area (TPSA) is 111 Å². The molecule has 8 nitrogen and oxygen atoms in total. The molecule has 0 aliphatic carbocycles. The van der Waals surface area contributed by atoms with Gasteiger partial charge in [-0.05, 0) is 63.1 Å². The summed E-state index contributed by atoms with van der Waals surface area (Å²) in [6, 6.07) is 12.0. The average Bonchev–Trinajstić information content (AvgIpc) is 2.63. The van der Waals surface area contributed by atoms with Gasteiger partial charge in [0, 0.05) is 12.1 Å². The highest BCUT2D eigenvalue weighted by atomic mass is 16.6. The van der Waals surface area contributed by atoms with Crippen molar-refractivity contribution in [3.8, 4) is 5.75 Å². The Bertz CT molecular complexity index is 845. The third kappa shape index (κ3) is 7.08. The van der Waals surface area contributed by atoms with E-state index in [1.54, 1.807) is 26.8 Å². The summed E-state index contributed by atoms with van der Waals surface area (Å²) in [5.41, 5.74) is 0.623. The van der Waals surface area contributed by atoms with E-state index in [9.17, 15) is 20.0 Å². The maximum absolute atomic E-state index is 12.2. The minimum atomic E-state index is -1.16. The Morgan fingerprint density at radius 1 is 1.21 bits per heavy atom. The van der Waals surface area contributed by atoms with Gasteiger partial charge < -0.3 is 19.9 Å². The van der Waals surface area contributed by atoms with Gasteiger partial charge in [-0.25, -0.2) is 4.79 Å². The van der Waals surface area contributed by atoms with Crippen molar-refractivity contribution in [2.45, 2.75) is 45.4 Å². The Hall–Kier alpha value is -3.13. The smallest absolute Gasteiger partial charge is 0.408 e. The van der Waals surface area contributed by atoms with E-state index in [2.05, 4.69) is 5.32 Å². The first-order chi connectivity index (χ1) is 13.5. The van der Waals surface area contributed by atoms with Crippen LogP contribution in [-0.4, -0.2) is 34.4 Å². The number of aliphatic hydroxyl groups is 1. The normalized spacial score (nSPS) is 13.3. The third-order valence-corrected chi connectivity index (χ3v) is 3.95. The van der Waals surface area contributed by atoms with E-state index in [0.29, 0.717) is 11.3 Å². The lowest BCUT2D eigenvalue weighted by Gasteiger charge is -2.27. The molecule has 0 saturated heterocycles. The standard InChI is InChI=1S/C21H26N2O6/c1-14-6-5-7-17(12-14)28-13-18(22-20(25)29-21(2,3)4)19(24)15-8-10-16(11-9-15)23(26)27/h5-12,18-19,24H,13H2,1-4H3,(H,22,25)/t18-,19-/m1/s1. The molecule has 0 bridgehead atoms.